The highest BCUT2D eigenvalue weighted by Gasteiger charge is 2.56. The smallest absolute Gasteiger partial charge is 0.315 e. The van der Waals surface area contributed by atoms with Gasteiger partial charge in [0.05, 0.1) is 43.5 Å². The minimum absolute atomic E-state index is 0.0171. The van der Waals surface area contributed by atoms with Gasteiger partial charge in [-0.2, -0.15) is 13.5 Å². The molecule has 2 N–H and O–H groups in total. The van der Waals surface area contributed by atoms with E-state index in [1.54, 1.807) is 36.4 Å². The lowest BCUT2D eigenvalue weighted by molar-refractivity contribution is -0.160. The summed E-state index contributed by atoms with van der Waals surface area (Å²) in [4.78, 5) is 28.1. The number of nitrogens with zero attached hydrogens (tertiary/aromatic N) is 1. The SMILES string of the molecule is COC(=O)[C@@H]1/C(=N\NS(=O)(=O)c2ccc(C)cc2)C[C@](C)(O)[C@@H](C(=O)OC)[C@@H]1c1ccc(OC)cc1. The Kier molecular flexibility index (Phi) is 8.05. The highest BCUT2D eigenvalue weighted by Crippen LogP contribution is 2.47. The molecule has 0 amide bonds. The average molecular weight is 519 g/mol. The van der Waals surface area contributed by atoms with Gasteiger partial charge in [0, 0.05) is 12.3 Å². The van der Waals surface area contributed by atoms with Crippen molar-refractivity contribution in [3.05, 3.63) is 59.7 Å². The molecule has 0 aliphatic heterocycles. The quantitative estimate of drug-likeness (QED) is 0.420. The van der Waals surface area contributed by atoms with Gasteiger partial charge in [0.1, 0.15) is 11.7 Å². The van der Waals surface area contributed by atoms with Crippen LogP contribution in [0.2, 0.25) is 0 Å². The van der Waals surface area contributed by atoms with Crippen molar-refractivity contribution >= 4 is 27.7 Å². The molecule has 0 unspecified atom stereocenters. The minimum atomic E-state index is -4.07. The Balaban J connectivity index is 2.13. The maximum Gasteiger partial charge on any atom is 0.315 e. The van der Waals surface area contributed by atoms with Crippen molar-refractivity contribution in [1.82, 2.24) is 4.83 Å². The fourth-order valence-electron chi connectivity index (χ4n) is 4.52. The van der Waals surface area contributed by atoms with Crippen molar-refractivity contribution in [2.45, 2.75) is 36.7 Å². The van der Waals surface area contributed by atoms with Crippen molar-refractivity contribution in [3.8, 4) is 5.75 Å². The monoisotopic (exact) mass is 518 g/mol. The van der Waals surface area contributed by atoms with Gasteiger partial charge < -0.3 is 19.3 Å². The second kappa shape index (κ2) is 10.7. The molecule has 1 fully saturated rings. The van der Waals surface area contributed by atoms with E-state index in [1.165, 1.54) is 40.4 Å². The highest BCUT2D eigenvalue weighted by atomic mass is 32.2. The zero-order valence-corrected chi connectivity index (χ0v) is 21.5. The summed E-state index contributed by atoms with van der Waals surface area (Å²) in [5.74, 6) is -4.25. The molecule has 1 aliphatic rings. The third kappa shape index (κ3) is 5.52. The van der Waals surface area contributed by atoms with Crippen molar-refractivity contribution in [2.75, 3.05) is 21.3 Å². The van der Waals surface area contributed by atoms with E-state index in [9.17, 15) is 23.1 Å². The number of methoxy groups -OCH3 is 3. The van der Waals surface area contributed by atoms with Gasteiger partial charge in [0.15, 0.2) is 0 Å². The fourth-order valence-corrected chi connectivity index (χ4v) is 5.36. The molecule has 194 valence electrons. The first kappa shape index (κ1) is 27.2. The van der Waals surface area contributed by atoms with Gasteiger partial charge >= 0.3 is 11.9 Å². The van der Waals surface area contributed by atoms with Crippen LogP contribution in [0.1, 0.15) is 30.4 Å². The van der Waals surface area contributed by atoms with Crippen LogP contribution in [0.4, 0.5) is 0 Å². The van der Waals surface area contributed by atoms with Crippen molar-refractivity contribution in [2.24, 2.45) is 16.9 Å². The van der Waals surface area contributed by atoms with E-state index in [1.807, 2.05) is 6.92 Å². The summed E-state index contributed by atoms with van der Waals surface area (Å²) in [5.41, 5.74) is -0.319. The number of hydrogen-bond acceptors (Lipinski definition) is 9. The summed E-state index contributed by atoms with van der Waals surface area (Å²) in [5, 5.41) is 15.4. The number of sulfonamides is 1. The van der Waals surface area contributed by atoms with Gasteiger partial charge in [-0.3, -0.25) is 9.59 Å². The Bertz CT molecular complexity index is 1240. The van der Waals surface area contributed by atoms with Crippen LogP contribution in [-0.2, 0) is 29.1 Å². The Morgan fingerprint density at radius 3 is 2.11 bits per heavy atom. The average Bonchev–Trinajstić information content (AvgIpc) is 2.86. The molecular weight excluding hydrogens is 488 g/mol. The molecule has 36 heavy (non-hydrogen) atoms. The van der Waals surface area contributed by atoms with Crippen molar-refractivity contribution in [3.63, 3.8) is 0 Å². The molecule has 0 heterocycles. The number of aryl methyl sites for hydroxylation is 1. The molecule has 4 atom stereocenters. The molecule has 10 nitrogen and oxygen atoms in total. The molecule has 2 aromatic rings. The standard InChI is InChI=1S/C25H30N2O8S/c1-15-6-12-18(13-7-15)36(31,32)27-26-19-14-25(2,30)22(24(29)35-5)20(21(19)23(28)34-4)16-8-10-17(33-3)11-9-16/h6-13,20-22,27,30H,14H2,1-5H3/b26-19-/t20-,21-,22-,25+/m1/s1. The van der Waals surface area contributed by atoms with E-state index in [2.05, 4.69) is 9.93 Å². The normalized spacial score (nSPS) is 25.2. The van der Waals surface area contributed by atoms with Crippen LogP contribution in [0.3, 0.4) is 0 Å². The zero-order valence-electron chi connectivity index (χ0n) is 20.7. The lowest BCUT2D eigenvalue weighted by atomic mass is 9.61. The highest BCUT2D eigenvalue weighted by molar-refractivity contribution is 7.89. The molecule has 3 rings (SSSR count). The molecule has 0 aromatic heterocycles. The summed E-state index contributed by atoms with van der Waals surface area (Å²) in [6, 6.07) is 12.8. The molecule has 11 heteroatoms. The fraction of sp³-hybridized carbons (Fsp3) is 0.400. The summed E-state index contributed by atoms with van der Waals surface area (Å²) in [7, 11) is -0.202. The van der Waals surface area contributed by atoms with Gasteiger partial charge in [-0.05, 0) is 43.7 Å². The number of carbonyl (C=O) groups is 2. The van der Waals surface area contributed by atoms with E-state index in [0.29, 0.717) is 11.3 Å². The summed E-state index contributed by atoms with van der Waals surface area (Å²) < 4.78 is 40.9. The number of nitrogens with one attached hydrogen (secondary N) is 1. The largest absolute Gasteiger partial charge is 0.497 e. The van der Waals surface area contributed by atoms with Crippen LogP contribution in [0.25, 0.3) is 0 Å². The summed E-state index contributed by atoms with van der Waals surface area (Å²) in [6.07, 6.45) is -0.282. The second-order valence-electron chi connectivity index (χ2n) is 8.85. The number of rotatable bonds is 7. The molecule has 2 aromatic carbocycles. The number of ether oxygens (including phenoxy) is 3. The third-order valence-corrected chi connectivity index (χ3v) is 7.56. The van der Waals surface area contributed by atoms with E-state index >= 15 is 0 Å². The van der Waals surface area contributed by atoms with Crippen LogP contribution >= 0.6 is 0 Å². The van der Waals surface area contributed by atoms with Crippen LogP contribution in [0.5, 0.6) is 5.75 Å². The van der Waals surface area contributed by atoms with Crippen molar-refractivity contribution in [1.29, 1.82) is 0 Å². The maximum absolute atomic E-state index is 13.0. The summed E-state index contributed by atoms with van der Waals surface area (Å²) >= 11 is 0. The van der Waals surface area contributed by atoms with E-state index in [0.717, 1.165) is 5.56 Å². The van der Waals surface area contributed by atoms with E-state index in [-0.39, 0.29) is 17.0 Å². The number of esters is 2. The van der Waals surface area contributed by atoms with E-state index < -0.39 is 45.3 Å². The Morgan fingerprint density at radius 2 is 1.58 bits per heavy atom. The first-order valence-corrected chi connectivity index (χ1v) is 12.6. The van der Waals surface area contributed by atoms with Crippen LogP contribution in [0.15, 0.2) is 58.5 Å². The molecule has 1 saturated carbocycles. The molecule has 0 radical (unpaired) electrons. The second-order valence-corrected chi connectivity index (χ2v) is 10.5. The number of hydrogen-bond donors (Lipinski definition) is 2. The number of carbonyl (C=O) groups excluding carboxylic acids is 2. The minimum Gasteiger partial charge on any atom is -0.497 e. The third-order valence-electron chi connectivity index (χ3n) is 6.34. The lowest BCUT2D eigenvalue weighted by Gasteiger charge is -2.44. The number of hydrazone groups is 1. The van der Waals surface area contributed by atoms with Crippen LogP contribution < -0.4 is 9.57 Å². The van der Waals surface area contributed by atoms with E-state index in [4.69, 9.17) is 14.2 Å². The van der Waals surface area contributed by atoms with Gasteiger partial charge in [-0.15, -0.1) is 0 Å². The molecule has 0 bridgehead atoms. The molecule has 1 aliphatic carbocycles. The van der Waals surface area contributed by atoms with Gasteiger partial charge in [-0.1, -0.05) is 29.8 Å². The maximum atomic E-state index is 13.0. The first-order valence-electron chi connectivity index (χ1n) is 11.1. The Hall–Kier alpha value is -3.44. The van der Waals surface area contributed by atoms with Crippen molar-refractivity contribution < 1.29 is 37.3 Å². The molecular formula is C25H30N2O8S. The molecule has 0 saturated heterocycles. The predicted octanol–water partition coefficient (Wildman–Crippen LogP) is 2.15. The number of aliphatic hydroxyl groups is 1. The van der Waals surface area contributed by atoms with Gasteiger partial charge in [0.2, 0.25) is 0 Å². The van der Waals surface area contributed by atoms with Gasteiger partial charge in [-0.25, -0.2) is 4.83 Å². The molecule has 0 spiro atoms. The van der Waals surface area contributed by atoms with Crippen LogP contribution in [0, 0.1) is 18.8 Å². The number of benzene rings is 2. The Morgan fingerprint density at radius 1 is 1.00 bits per heavy atom. The van der Waals surface area contributed by atoms with Crippen LogP contribution in [-0.4, -0.2) is 58.1 Å². The lowest BCUT2D eigenvalue weighted by Crippen LogP contribution is -2.55. The topological polar surface area (TPSA) is 141 Å². The Labute approximate surface area is 210 Å². The predicted molar refractivity (Wildman–Crippen MR) is 131 cm³/mol. The zero-order chi connectivity index (χ0) is 26.7. The first-order chi connectivity index (χ1) is 16.9. The van der Waals surface area contributed by atoms with Gasteiger partial charge in [0.25, 0.3) is 10.0 Å². The summed E-state index contributed by atoms with van der Waals surface area (Å²) in [6.45, 7) is 3.24.